The maximum atomic E-state index is 12.6. The Morgan fingerprint density at radius 1 is 1.12 bits per heavy atom. The Morgan fingerprint density at radius 2 is 1.81 bits per heavy atom. The first-order valence-electron chi connectivity index (χ1n) is 10.3. The van der Waals surface area contributed by atoms with Crippen molar-refractivity contribution in [3.05, 3.63) is 64.5 Å². The number of anilines is 1. The summed E-state index contributed by atoms with van der Waals surface area (Å²) in [6.45, 7) is 2.11. The van der Waals surface area contributed by atoms with Gasteiger partial charge in [-0.1, -0.05) is 21.1 Å². The summed E-state index contributed by atoms with van der Waals surface area (Å²) < 4.78 is 11.1. The van der Waals surface area contributed by atoms with Crippen molar-refractivity contribution >= 4 is 33.5 Å². The Hall–Kier alpha value is -3.04. The molecule has 8 nitrogen and oxygen atoms in total. The second-order valence-corrected chi connectivity index (χ2v) is 8.54. The molecule has 1 fully saturated rings. The van der Waals surface area contributed by atoms with Crippen LogP contribution in [0.25, 0.3) is 11.4 Å². The van der Waals surface area contributed by atoms with Gasteiger partial charge in [0.25, 0.3) is 0 Å². The molecule has 166 valence electrons. The third-order valence-electron chi connectivity index (χ3n) is 5.46. The van der Waals surface area contributed by atoms with Gasteiger partial charge in [0.2, 0.25) is 17.6 Å². The molecule has 1 aliphatic heterocycles. The Bertz CT molecular complexity index is 1070. The maximum absolute atomic E-state index is 12.6. The normalized spacial score (nSPS) is 14.8. The van der Waals surface area contributed by atoms with Crippen LogP contribution in [0, 0.1) is 5.92 Å². The fourth-order valence-electron chi connectivity index (χ4n) is 3.63. The molecule has 0 saturated carbocycles. The zero-order valence-corrected chi connectivity index (χ0v) is 19.2. The molecule has 3 aromatic rings. The van der Waals surface area contributed by atoms with Gasteiger partial charge in [0.05, 0.1) is 19.2 Å². The van der Waals surface area contributed by atoms with Crippen molar-refractivity contribution in [1.82, 2.24) is 15.0 Å². The molecule has 2 heterocycles. The molecule has 2 aromatic carbocycles. The molecule has 0 spiro atoms. The van der Waals surface area contributed by atoms with E-state index in [1.807, 2.05) is 24.3 Å². The van der Waals surface area contributed by atoms with Crippen LogP contribution in [0.3, 0.4) is 0 Å². The molecule has 1 saturated heterocycles. The SMILES string of the molecule is COC(=O)c1ccc(NC(=O)C2CCN(Cc3nc(-c4ccc(Br)cc4)no3)CC2)cc1. The summed E-state index contributed by atoms with van der Waals surface area (Å²) in [4.78, 5) is 30.8. The highest BCUT2D eigenvalue weighted by atomic mass is 79.9. The largest absolute Gasteiger partial charge is 0.465 e. The highest BCUT2D eigenvalue weighted by Gasteiger charge is 2.26. The van der Waals surface area contributed by atoms with E-state index in [0.29, 0.717) is 29.5 Å². The van der Waals surface area contributed by atoms with E-state index in [1.54, 1.807) is 24.3 Å². The first kappa shape index (κ1) is 22.2. The third-order valence-corrected chi connectivity index (χ3v) is 5.99. The van der Waals surface area contributed by atoms with Crippen LogP contribution < -0.4 is 5.32 Å². The molecular formula is C23H23BrN4O4. The van der Waals surface area contributed by atoms with Gasteiger partial charge in [0, 0.05) is 21.6 Å². The first-order chi connectivity index (χ1) is 15.5. The number of piperidine rings is 1. The van der Waals surface area contributed by atoms with Crippen molar-refractivity contribution in [2.45, 2.75) is 19.4 Å². The zero-order valence-electron chi connectivity index (χ0n) is 17.6. The summed E-state index contributed by atoms with van der Waals surface area (Å²) in [6.07, 6.45) is 1.50. The number of carbonyl (C=O) groups is 2. The average Bonchev–Trinajstić information content (AvgIpc) is 3.28. The number of amides is 1. The van der Waals surface area contributed by atoms with Gasteiger partial charge in [-0.25, -0.2) is 4.79 Å². The lowest BCUT2D eigenvalue weighted by molar-refractivity contribution is -0.121. The monoisotopic (exact) mass is 498 g/mol. The number of rotatable bonds is 6. The van der Waals surface area contributed by atoms with Gasteiger partial charge in [0.1, 0.15) is 0 Å². The standard InChI is InChI=1S/C23H23BrN4O4/c1-31-23(30)17-4-8-19(9-5-17)25-22(29)16-10-12-28(13-11-16)14-20-26-21(27-32-20)15-2-6-18(24)7-3-15/h2-9,16H,10-14H2,1H3,(H,25,29). The Labute approximate surface area is 194 Å². The zero-order chi connectivity index (χ0) is 22.5. The van der Waals surface area contributed by atoms with Crippen LogP contribution in [0.2, 0.25) is 0 Å². The number of aromatic nitrogens is 2. The van der Waals surface area contributed by atoms with Gasteiger partial charge < -0.3 is 14.6 Å². The van der Waals surface area contributed by atoms with Gasteiger partial charge in [-0.15, -0.1) is 0 Å². The molecule has 0 aliphatic carbocycles. The highest BCUT2D eigenvalue weighted by molar-refractivity contribution is 9.10. The number of methoxy groups -OCH3 is 1. The van der Waals surface area contributed by atoms with E-state index < -0.39 is 5.97 Å². The summed E-state index contributed by atoms with van der Waals surface area (Å²) in [6, 6.07) is 14.4. The van der Waals surface area contributed by atoms with Crippen LogP contribution in [0.15, 0.2) is 57.5 Å². The summed E-state index contributed by atoms with van der Waals surface area (Å²) in [7, 11) is 1.34. The Balaban J connectivity index is 1.26. The molecule has 0 radical (unpaired) electrons. The summed E-state index contributed by atoms with van der Waals surface area (Å²) in [5.41, 5.74) is 2.01. The maximum Gasteiger partial charge on any atom is 0.337 e. The predicted octanol–water partition coefficient (Wildman–Crippen LogP) is 4.14. The van der Waals surface area contributed by atoms with Gasteiger partial charge in [0.15, 0.2) is 0 Å². The van der Waals surface area contributed by atoms with Crippen molar-refractivity contribution < 1.29 is 18.8 Å². The number of ether oxygens (including phenoxy) is 1. The first-order valence-corrected chi connectivity index (χ1v) is 11.1. The van der Waals surface area contributed by atoms with Crippen LogP contribution in [0.1, 0.15) is 29.1 Å². The molecule has 32 heavy (non-hydrogen) atoms. The number of benzene rings is 2. The molecule has 0 bridgehead atoms. The fraction of sp³-hybridized carbons (Fsp3) is 0.304. The number of hydrogen-bond acceptors (Lipinski definition) is 7. The van der Waals surface area contributed by atoms with Crippen molar-refractivity contribution in [2.75, 3.05) is 25.5 Å². The summed E-state index contributed by atoms with van der Waals surface area (Å²) >= 11 is 3.42. The number of likely N-dealkylation sites (tertiary alicyclic amines) is 1. The van der Waals surface area contributed by atoms with E-state index >= 15 is 0 Å². The molecule has 1 aliphatic rings. The van der Waals surface area contributed by atoms with Crippen molar-refractivity contribution in [2.24, 2.45) is 5.92 Å². The molecule has 0 atom stereocenters. The van der Waals surface area contributed by atoms with E-state index in [-0.39, 0.29) is 11.8 Å². The number of carbonyl (C=O) groups excluding carboxylic acids is 2. The average molecular weight is 499 g/mol. The number of nitrogens with zero attached hydrogens (tertiary/aromatic N) is 3. The van der Waals surface area contributed by atoms with Crippen LogP contribution in [0.4, 0.5) is 5.69 Å². The molecule has 9 heteroatoms. The minimum atomic E-state index is -0.402. The third kappa shape index (κ3) is 5.41. The van der Waals surface area contributed by atoms with Crippen LogP contribution in [-0.4, -0.2) is 47.1 Å². The Kier molecular flexibility index (Phi) is 6.96. The molecule has 1 aromatic heterocycles. The van der Waals surface area contributed by atoms with Crippen molar-refractivity contribution in [3.8, 4) is 11.4 Å². The number of esters is 1. The molecule has 1 N–H and O–H groups in total. The molecule has 0 unspecified atom stereocenters. The molecular weight excluding hydrogens is 476 g/mol. The molecule has 1 amide bonds. The predicted molar refractivity (Wildman–Crippen MR) is 122 cm³/mol. The quantitative estimate of drug-likeness (QED) is 0.510. The van der Waals surface area contributed by atoms with Crippen LogP contribution >= 0.6 is 15.9 Å². The smallest absolute Gasteiger partial charge is 0.337 e. The van der Waals surface area contributed by atoms with E-state index in [4.69, 9.17) is 4.52 Å². The lowest BCUT2D eigenvalue weighted by Gasteiger charge is -2.30. The van der Waals surface area contributed by atoms with Crippen molar-refractivity contribution in [3.63, 3.8) is 0 Å². The topological polar surface area (TPSA) is 97.6 Å². The van der Waals surface area contributed by atoms with Gasteiger partial charge in [-0.05, 0) is 74.5 Å². The van der Waals surface area contributed by atoms with E-state index in [9.17, 15) is 9.59 Å². The van der Waals surface area contributed by atoms with Gasteiger partial charge in [-0.2, -0.15) is 4.98 Å². The van der Waals surface area contributed by atoms with Crippen LogP contribution in [-0.2, 0) is 16.1 Å². The van der Waals surface area contributed by atoms with E-state index in [2.05, 4.69) is 41.0 Å². The van der Waals surface area contributed by atoms with Crippen molar-refractivity contribution in [1.29, 1.82) is 0 Å². The van der Waals surface area contributed by atoms with Gasteiger partial charge in [-0.3, -0.25) is 9.69 Å². The summed E-state index contributed by atoms with van der Waals surface area (Å²) in [5, 5.41) is 7.00. The highest BCUT2D eigenvalue weighted by Crippen LogP contribution is 2.23. The summed E-state index contributed by atoms with van der Waals surface area (Å²) in [5.74, 6) is 0.662. The van der Waals surface area contributed by atoms with E-state index in [1.165, 1.54) is 7.11 Å². The second kappa shape index (κ2) is 10.1. The lowest BCUT2D eigenvalue weighted by atomic mass is 9.96. The number of nitrogens with one attached hydrogen (secondary N) is 1. The second-order valence-electron chi connectivity index (χ2n) is 7.63. The fourth-order valence-corrected chi connectivity index (χ4v) is 3.90. The lowest BCUT2D eigenvalue weighted by Crippen LogP contribution is -2.37. The van der Waals surface area contributed by atoms with E-state index in [0.717, 1.165) is 36.0 Å². The minimum Gasteiger partial charge on any atom is -0.465 e. The number of hydrogen-bond donors (Lipinski definition) is 1. The Morgan fingerprint density at radius 3 is 2.47 bits per heavy atom. The van der Waals surface area contributed by atoms with Gasteiger partial charge >= 0.3 is 5.97 Å². The molecule has 4 rings (SSSR count). The number of halogens is 1. The minimum absolute atomic E-state index is 0.00853. The van der Waals surface area contributed by atoms with Crippen LogP contribution in [0.5, 0.6) is 0 Å².